The molecule has 0 radical (unpaired) electrons. The van der Waals surface area contributed by atoms with Gasteiger partial charge in [0.15, 0.2) is 0 Å². The normalized spacial score (nSPS) is 14.3. The molecule has 4 heteroatoms. The molecule has 0 heterocycles. The van der Waals surface area contributed by atoms with Crippen molar-refractivity contribution in [3.8, 4) is 6.07 Å². The fraction of sp³-hybridized carbons (Fsp3) is 0.778. The molecule has 13 heavy (non-hydrogen) atoms. The lowest BCUT2D eigenvalue weighted by atomic mass is 10.1. The number of nitrogens with one attached hydrogen (secondary N) is 1. The second-order valence-electron chi connectivity index (χ2n) is 3.01. The zero-order chi connectivity index (χ0) is 10.3. The van der Waals surface area contributed by atoms with Crippen LogP contribution < -0.4 is 5.32 Å². The molecule has 4 nitrogen and oxygen atoms in total. The van der Waals surface area contributed by atoms with Gasteiger partial charge >= 0.3 is 0 Å². The molecule has 0 aromatic carbocycles. The van der Waals surface area contributed by atoms with Crippen LogP contribution in [0.15, 0.2) is 0 Å². The average molecular weight is 184 g/mol. The fourth-order valence-electron chi connectivity index (χ4n) is 0.945. The molecule has 0 spiro atoms. The highest BCUT2D eigenvalue weighted by Gasteiger charge is 2.16. The fourth-order valence-corrected chi connectivity index (χ4v) is 0.945. The van der Waals surface area contributed by atoms with Crippen molar-refractivity contribution in [3.63, 3.8) is 0 Å². The summed E-state index contributed by atoms with van der Waals surface area (Å²) in [7, 11) is 0. The van der Waals surface area contributed by atoms with E-state index < -0.39 is 5.92 Å². The van der Waals surface area contributed by atoms with E-state index in [0.29, 0.717) is 12.8 Å². The van der Waals surface area contributed by atoms with Crippen molar-refractivity contribution in [2.24, 2.45) is 5.92 Å². The first-order chi connectivity index (χ1) is 6.15. The van der Waals surface area contributed by atoms with Crippen LogP contribution in [-0.4, -0.2) is 23.7 Å². The number of rotatable bonds is 5. The molecule has 2 unspecified atom stereocenters. The van der Waals surface area contributed by atoms with Gasteiger partial charge in [-0.05, 0) is 19.8 Å². The number of nitrogens with zero attached hydrogens (tertiary/aromatic N) is 1. The number of amides is 1. The summed E-state index contributed by atoms with van der Waals surface area (Å²) in [5, 5.41) is 19.8. The van der Waals surface area contributed by atoms with E-state index >= 15 is 0 Å². The molecule has 0 aromatic rings. The second-order valence-corrected chi connectivity index (χ2v) is 3.01. The standard InChI is InChI=1S/C9H16N2O2/c1-3-8(6-10)9(13)11-7(2)4-5-12/h7-8,12H,3-5H2,1-2H3,(H,11,13). The molecule has 0 fully saturated rings. The third-order valence-corrected chi connectivity index (χ3v) is 1.83. The highest BCUT2D eigenvalue weighted by atomic mass is 16.3. The van der Waals surface area contributed by atoms with Crippen molar-refractivity contribution in [2.75, 3.05) is 6.61 Å². The Morgan fingerprint density at radius 1 is 1.69 bits per heavy atom. The minimum atomic E-state index is -0.568. The minimum absolute atomic E-state index is 0.0464. The topological polar surface area (TPSA) is 73.1 Å². The predicted octanol–water partition coefficient (Wildman–Crippen LogP) is 0.423. The summed E-state index contributed by atoms with van der Waals surface area (Å²) in [4.78, 5) is 11.3. The minimum Gasteiger partial charge on any atom is -0.396 e. The summed E-state index contributed by atoms with van der Waals surface area (Å²) >= 11 is 0. The van der Waals surface area contributed by atoms with Crippen LogP contribution in [0.3, 0.4) is 0 Å². The number of aliphatic hydroxyl groups excluding tert-OH is 1. The van der Waals surface area contributed by atoms with Crippen LogP contribution in [0.25, 0.3) is 0 Å². The van der Waals surface area contributed by atoms with Gasteiger partial charge in [-0.2, -0.15) is 5.26 Å². The van der Waals surface area contributed by atoms with E-state index in [0.717, 1.165) is 0 Å². The van der Waals surface area contributed by atoms with Crippen molar-refractivity contribution < 1.29 is 9.90 Å². The number of aliphatic hydroxyl groups is 1. The first kappa shape index (κ1) is 11.9. The molecule has 0 aliphatic carbocycles. The number of carbonyl (C=O) groups excluding carboxylic acids is 1. The first-order valence-corrected chi connectivity index (χ1v) is 4.46. The van der Waals surface area contributed by atoms with Gasteiger partial charge in [-0.3, -0.25) is 4.79 Å². The number of nitriles is 1. The lowest BCUT2D eigenvalue weighted by Crippen LogP contribution is -2.37. The van der Waals surface area contributed by atoms with Gasteiger partial charge in [0.05, 0.1) is 6.07 Å². The average Bonchev–Trinajstić information content (AvgIpc) is 2.06. The Balaban J connectivity index is 3.92. The predicted molar refractivity (Wildman–Crippen MR) is 48.7 cm³/mol. The number of carbonyl (C=O) groups is 1. The van der Waals surface area contributed by atoms with Crippen LogP contribution in [0.5, 0.6) is 0 Å². The third-order valence-electron chi connectivity index (χ3n) is 1.83. The van der Waals surface area contributed by atoms with Crippen LogP contribution in [0, 0.1) is 17.2 Å². The Morgan fingerprint density at radius 3 is 2.69 bits per heavy atom. The zero-order valence-corrected chi connectivity index (χ0v) is 8.08. The molecule has 2 N–H and O–H groups in total. The van der Waals surface area contributed by atoms with Crippen LogP contribution in [0.4, 0.5) is 0 Å². The van der Waals surface area contributed by atoms with Gasteiger partial charge in [0.2, 0.25) is 5.91 Å². The molecule has 0 aromatic heterocycles. The van der Waals surface area contributed by atoms with Crippen molar-refractivity contribution in [1.82, 2.24) is 5.32 Å². The Labute approximate surface area is 78.6 Å². The van der Waals surface area contributed by atoms with Gasteiger partial charge in [0, 0.05) is 12.6 Å². The second kappa shape index (κ2) is 6.44. The summed E-state index contributed by atoms with van der Waals surface area (Å²) in [5.41, 5.74) is 0. The van der Waals surface area contributed by atoms with Crippen LogP contribution in [0.2, 0.25) is 0 Å². The summed E-state index contributed by atoms with van der Waals surface area (Å²) < 4.78 is 0. The number of hydrogen-bond acceptors (Lipinski definition) is 3. The lowest BCUT2D eigenvalue weighted by molar-refractivity contribution is -0.124. The first-order valence-electron chi connectivity index (χ1n) is 4.46. The quantitative estimate of drug-likeness (QED) is 0.650. The monoisotopic (exact) mass is 184 g/mol. The maximum Gasteiger partial charge on any atom is 0.237 e. The molecule has 0 saturated carbocycles. The van der Waals surface area contributed by atoms with Gasteiger partial charge in [-0.1, -0.05) is 6.92 Å². The lowest BCUT2D eigenvalue weighted by Gasteiger charge is -2.14. The third kappa shape index (κ3) is 4.48. The molecule has 0 aliphatic heterocycles. The Kier molecular flexibility index (Phi) is 5.90. The molecule has 0 saturated heterocycles. The molecule has 0 aliphatic rings. The van der Waals surface area contributed by atoms with E-state index in [1.807, 2.05) is 6.07 Å². The van der Waals surface area contributed by atoms with Crippen molar-refractivity contribution in [2.45, 2.75) is 32.7 Å². The maximum atomic E-state index is 11.3. The van der Waals surface area contributed by atoms with Crippen molar-refractivity contribution in [1.29, 1.82) is 5.26 Å². The Bertz CT molecular complexity index is 198. The molecular weight excluding hydrogens is 168 g/mol. The van der Waals surface area contributed by atoms with E-state index in [1.54, 1.807) is 13.8 Å². The van der Waals surface area contributed by atoms with E-state index in [-0.39, 0.29) is 18.6 Å². The maximum absolute atomic E-state index is 11.3. The van der Waals surface area contributed by atoms with Crippen LogP contribution in [0.1, 0.15) is 26.7 Å². The molecule has 2 atom stereocenters. The highest BCUT2D eigenvalue weighted by Crippen LogP contribution is 2.01. The van der Waals surface area contributed by atoms with E-state index in [1.165, 1.54) is 0 Å². The highest BCUT2D eigenvalue weighted by molar-refractivity contribution is 5.81. The summed E-state index contributed by atoms with van der Waals surface area (Å²) in [6, 6.07) is 1.85. The SMILES string of the molecule is CCC(C#N)C(=O)NC(C)CCO. The molecular formula is C9H16N2O2. The molecule has 0 bridgehead atoms. The van der Waals surface area contributed by atoms with Gasteiger partial charge in [0.25, 0.3) is 0 Å². The van der Waals surface area contributed by atoms with Gasteiger partial charge in [0.1, 0.15) is 5.92 Å². The Morgan fingerprint density at radius 2 is 2.31 bits per heavy atom. The van der Waals surface area contributed by atoms with Crippen molar-refractivity contribution >= 4 is 5.91 Å². The Hall–Kier alpha value is -1.08. The van der Waals surface area contributed by atoms with E-state index in [4.69, 9.17) is 10.4 Å². The van der Waals surface area contributed by atoms with Crippen LogP contribution in [-0.2, 0) is 4.79 Å². The number of hydrogen-bond donors (Lipinski definition) is 2. The summed E-state index contributed by atoms with van der Waals surface area (Å²) in [6.07, 6.45) is 1.04. The van der Waals surface area contributed by atoms with E-state index in [9.17, 15) is 4.79 Å². The summed E-state index contributed by atoms with van der Waals surface area (Å²) in [5.74, 6) is -0.813. The van der Waals surface area contributed by atoms with Gasteiger partial charge < -0.3 is 10.4 Å². The van der Waals surface area contributed by atoms with Crippen molar-refractivity contribution in [3.05, 3.63) is 0 Å². The van der Waals surface area contributed by atoms with E-state index in [2.05, 4.69) is 5.32 Å². The zero-order valence-electron chi connectivity index (χ0n) is 8.08. The summed E-state index contributed by atoms with van der Waals surface area (Å²) in [6.45, 7) is 3.65. The molecule has 0 rings (SSSR count). The largest absolute Gasteiger partial charge is 0.396 e. The molecule has 1 amide bonds. The van der Waals surface area contributed by atoms with Gasteiger partial charge in [-0.15, -0.1) is 0 Å². The smallest absolute Gasteiger partial charge is 0.237 e. The van der Waals surface area contributed by atoms with Crippen LogP contribution >= 0.6 is 0 Å². The van der Waals surface area contributed by atoms with Gasteiger partial charge in [-0.25, -0.2) is 0 Å². The molecule has 74 valence electrons.